The number of pyridine rings is 3. The summed E-state index contributed by atoms with van der Waals surface area (Å²) in [5.41, 5.74) is 6.23. The summed E-state index contributed by atoms with van der Waals surface area (Å²) >= 11 is 3.17. The van der Waals surface area contributed by atoms with Crippen LogP contribution in [0.5, 0.6) is 17.6 Å². The summed E-state index contributed by atoms with van der Waals surface area (Å²) in [6.45, 7) is 6.79. The van der Waals surface area contributed by atoms with Crippen molar-refractivity contribution >= 4 is 99.8 Å². The van der Waals surface area contributed by atoms with Gasteiger partial charge in [0.15, 0.2) is 12.5 Å². The van der Waals surface area contributed by atoms with Crippen molar-refractivity contribution in [3.05, 3.63) is 305 Å². The zero-order valence-electron chi connectivity index (χ0n) is 79.2. The smallest absolute Gasteiger partial charge is 0.393 e. The summed E-state index contributed by atoms with van der Waals surface area (Å²) < 4.78 is 205. The minimum Gasteiger partial charge on any atom is -0.473 e. The van der Waals surface area contributed by atoms with Crippen molar-refractivity contribution in [3.8, 4) is 17.6 Å². The van der Waals surface area contributed by atoms with E-state index in [1.165, 1.54) is 54.8 Å². The summed E-state index contributed by atoms with van der Waals surface area (Å²) in [7, 11) is 10.2. The van der Waals surface area contributed by atoms with Gasteiger partial charge >= 0.3 is 18.5 Å². The fraction of sp³-hybridized carbons (Fsp3) is 0.349. The maximum absolute atomic E-state index is 15.4. The molecule has 5 aliphatic heterocycles. The van der Waals surface area contributed by atoms with E-state index in [0.29, 0.717) is 149 Å². The number of likely N-dealkylation sites (N-methyl/N-ethyl adjacent to an activating group) is 3. The average molecular weight is 2030 g/mol. The lowest BCUT2D eigenvalue weighted by Gasteiger charge is -2.23. The summed E-state index contributed by atoms with van der Waals surface area (Å²) in [6, 6.07) is 49.9. The topological polar surface area (TPSA) is 229 Å². The Morgan fingerprint density at radius 1 is 0.437 bits per heavy atom. The van der Waals surface area contributed by atoms with Crippen molar-refractivity contribution < 1.29 is 90.8 Å². The number of fused-ring (bicyclic) bond motifs is 3. The van der Waals surface area contributed by atoms with Gasteiger partial charge in [0.2, 0.25) is 53.2 Å². The number of allylic oxidation sites excluding steroid dienone is 4. The second-order valence-corrected chi connectivity index (χ2v) is 36.1. The molecule has 11 heterocycles. The number of halogens is 13. The standard InChI is InChI=1S/C37H39F4N5O3.C32H31F4N5O2.C31H30F4N4O2.C6H10BrNO/c1-44(2)33(47)11-8-18-45-19-17-28(24-45)49-32-16-14-27(23-42-32)35(30(22-37(39,40)41)25-9-4-3-5-10-25)26-13-15-31-29(21-26)36(38)43-46(31)34-12-6-7-20-48-34;1-40(2)29(42)9-6-15-41-16-14-24(20-41)43-28-13-11-23(19-37-28)30(22-10-12-27-25(17-22)31(33)39-38-27)26(18-32(34,35)36)21-7-4-3-5-8-21;32-30-24-16-21(9-11-26(24)39(38-30)28-8-4-5-15-40-28)29(25(17-31(33,34)35)20-6-2-1-3-7-20)22-10-12-27(37-18-22)41-23-13-14-36-19-23;1-8(2)6(9)4-3-5-7/h3-5,8-11,13-16,21,23,28,34H,6-7,12,17-20,22,24H2,1-2H3;3-13,17,19,24H,14-16,18,20H2,1-2H3,(H,38,39);1-3,6-7,9-12,16,18,23,28,36H,4-5,8,13-15,17,19H2;3-4H,5H2,1-2H3/b11-8+,35-30-;9-6+,30-26-;29-25-;4-3+/t28-,34?;24-;23-,28?;/m000./s1. The van der Waals surface area contributed by atoms with E-state index in [9.17, 15) is 58.3 Å². The molecule has 2 unspecified atom stereocenters. The second kappa shape index (κ2) is 48.6. The Balaban J connectivity index is 0.000000162. The first-order chi connectivity index (χ1) is 68.2. The van der Waals surface area contributed by atoms with E-state index in [1.54, 1.807) is 236 Å². The van der Waals surface area contributed by atoms with Crippen LogP contribution in [0.3, 0.4) is 0 Å². The number of aromatic amines is 1. The van der Waals surface area contributed by atoms with E-state index in [2.05, 4.69) is 66.4 Å². The van der Waals surface area contributed by atoms with Gasteiger partial charge in [-0.25, -0.2) is 24.3 Å². The van der Waals surface area contributed by atoms with Crippen molar-refractivity contribution in [1.29, 1.82) is 0 Å². The van der Waals surface area contributed by atoms with Crippen LogP contribution in [-0.4, -0.2) is 237 Å². The highest BCUT2D eigenvalue weighted by Crippen LogP contribution is 2.46. The number of nitrogens with one attached hydrogen (secondary N) is 2. The number of aromatic nitrogens is 9. The molecule has 36 heteroatoms. The van der Waals surface area contributed by atoms with Crippen LogP contribution in [0.15, 0.2) is 237 Å². The van der Waals surface area contributed by atoms with Crippen LogP contribution in [0, 0.1) is 17.8 Å². The van der Waals surface area contributed by atoms with Crippen LogP contribution in [0.25, 0.3) is 66.1 Å². The van der Waals surface area contributed by atoms with Crippen LogP contribution >= 0.6 is 15.9 Å². The molecule has 0 bridgehead atoms. The van der Waals surface area contributed by atoms with Crippen LogP contribution in [0.1, 0.15) is 140 Å². The van der Waals surface area contributed by atoms with E-state index >= 15 is 8.78 Å². The van der Waals surface area contributed by atoms with Gasteiger partial charge in [-0.2, -0.15) is 57.8 Å². The molecule has 5 atom stereocenters. The van der Waals surface area contributed by atoms with E-state index in [4.69, 9.17) is 23.7 Å². The zero-order chi connectivity index (χ0) is 101. The summed E-state index contributed by atoms with van der Waals surface area (Å²) in [5.74, 6) is -1.12. The number of nitrogens with zero attached hydrogens (tertiary/aromatic N) is 13. The fourth-order valence-corrected chi connectivity index (χ4v) is 17.5. The molecule has 6 aromatic heterocycles. The van der Waals surface area contributed by atoms with Crippen LogP contribution in [0.4, 0.5) is 52.7 Å². The Kier molecular flexibility index (Phi) is 35.8. The third kappa shape index (κ3) is 28.7. The molecule has 2 N–H and O–H groups in total. The third-order valence-corrected chi connectivity index (χ3v) is 24.7. The quantitative estimate of drug-likeness (QED) is 0.0201. The number of alkyl halides is 10. The van der Waals surface area contributed by atoms with Crippen molar-refractivity contribution in [2.75, 3.05) is 113 Å². The van der Waals surface area contributed by atoms with Gasteiger partial charge in [-0.05, 0) is 192 Å². The lowest BCUT2D eigenvalue weighted by Crippen LogP contribution is -2.25. The molecule has 17 rings (SSSR count). The number of amides is 3. The first-order valence-electron chi connectivity index (χ1n) is 46.7. The second-order valence-electron chi connectivity index (χ2n) is 35.4. The third-order valence-electron chi connectivity index (χ3n) is 24.3. The number of carbonyl (C=O) groups is 3. The molecule has 0 saturated carbocycles. The van der Waals surface area contributed by atoms with Gasteiger partial charge in [0.1, 0.15) is 18.3 Å². The molecule has 748 valence electrons. The monoisotopic (exact) mass is 2030 g/mol. The number of likely N-dealkylation sites (tertiary alicyclic amines) is 2. The summed E-state index contributed by atoms with van der Waals surface area (Å²) in [6.07, 6.45) is 3.96. The first-order valence-corrected chi connectivity index (χ1v) is 47.8. The minimum atomic E-state index is -4.52. The highest BCUT2D eigenvalue weighted by atomic mass is 79.9. The van der Waals surface area contributed by atoms with Crippen molar-refractivity contribution in [2.45, 2.75) is 126 Å². The highest BCUT2D eigenvalue weighted by Gasteiger charge is 2.37. The van der Waals surface area contributed by atoms with E-state index in [0.717, 1.165) is 69.9 Å². The lowest BCUT2D eigenvalue weighted by atomic mass is 9.88. The zero-order valence-corrected chi connectivity index (χ0v) is 80.7. The Hall–Kier alpha value is -13.1. The predicted octanol–water partition coefficient (Wildman–Crippen LogP) is 21.3. The summed E-state index contributed by atoms with van der Waals surface area (Å²) in [5, 5.41) is 19.0. The van der Waals surface area contributed by atoms with Gasteiger partial charge in [-0.3, -0.25) is 29.3 Å². The number of hydrogen-bond acceptors (Lipinski definition) is 17. The van der Waals surface area contributed by atoms with E-state index in [1.807, 2.05) is 12.2 Å². The molecule has 0 radical (unpaired) electrons. The predicted molar refractivity (Wildman–Crippen MR) is 525 cm³/mol. The van der Waals surface area contributed by atoms with Gasteiger partial charge in [-0.15, -0.1) is 10.2 Å². The number of carbonyl (C=O) groups excluding carboxylic acids is 3. The maximum atomic E-state index is 15.4. The molecule has 23 nitrogen and oxygen atoms in total. The molecule has 5 fully saturated rings. The average Bonchev–Trinajstić information content (AvgIpc) is 1.41. The molecular formula is C106H110BrF12N15O8. The molecular weight excluding hydrogens is 1920 g/mol. The molecule has 142 heavy (non-hydrogen) atoms. The van der Waals surface area contributed by atoms with Gasteiger partial charge in [0.05, 0.1) is 52.0 Å². The lowest BCUT2D eigenvalue weighted by molar-refractivity contribution is -0.124. The Bertz CT molecular complexity index is 6450. The Morgan fingerprint density at radius 3 is 1.14 bits per heavy atom. The van der Waals surface area contributed by atoms with Crippen molar-refractivity contribution in [1.82, 2.24) is 74.5 Å². The normalized spacial score (nSPS) is 18.2. The number of ether oxygens (including phenoxy) is 5. The van der Waals surface area contributed by atoms with Crippen molar-refractivity contribution in [2.24, 2.45) is 0 Å². The van der Waals surface area contributed by atoms with Crippen LogP contribution < -0.4 is 19.5 Å². The molecule has 0 spiro atoms. The Labute approximate surface area is 822 Å². The van der Waals surface area contributed by atoms with Gasteiger partial charge in [-0.1, -0.05) is 143 Å². The largest absolute Gasteiger partial charge is 0.473 e. The minimum absolute atomic E-state index is 0.0106. The SMILES string of the molecule is CN(C)C(=O)/C=C/CBr.CN(C)C(=O)/C=C/CN1CC[C@H](Oc2ccc(/C(=C(/CC(F)(F)F)c3ccccc3)c3ccc4c(c3)c(F)nn4C3CCCCO3)cn2)C1.CN(C)C(=O)/C=C/CN1CC[C@H](Oc2ccc(/C(=C(/CC(F)(F)F)c3ccccc3)c3ccc4n[nH]c(F)c4c3)cn2)C1.Fc1nn(C2CCCCO2)c2ccc(/C(=C(\CC(F)(F)F)c3ccccc3)c3ccc(O[C@H]4CCNC4)nc3)cc12. The molecule has 5 aliphatic rings. The number of benzene rings is 6. The summed E-state index contributed by atoms with van der Waals surface area (Å²) in [4.78, 5) is 56.5. The van der Waals surface area contributed by atoms with Crippen molar-refractivity contribution in [3.63, 3.8) is 0 Å². The number of rotatable bonds is 28. The van der Waals surface area contributed by atoms with E-state index < -0.39 is 61.9 Å². The van der Waals surface area contributed by atoms with Crippen LogP contribution in [0.2, 0.25) is 0 Å². The Morgan fingerprint density at radius 2 is 0.803 bits per heavy atom. The van der Waals surface area contributed by atoms with Gasteiger partial charge < -0.3 is 43.7 Å². The highest BCUT2D eigenvalue weighted by molar-refractivity contribution is 9.09. The molecule has 0 aliphatic carbocycles. The van der Waals surface area contributed by atoms with Gasteiger partial charge in [0, 0.05) is 172 Å². The molecule has 5 saturated heterocycles. The fourth-order valence-electron chi connectivity index (χ4n) is 17.3. The number of hydrogen-bond donors (Lipinski definition) is 2. The first kappa shape index (κ1) is 105. The molecule has 6 aromatic carbocycles. The van der Waals surface area contributed by atoms with Gasteiger partial charge in [0.25, 0.3) is 0 Å². The number of H-pyrrole nitrogens is 1. The van der Waals surface area contributed by atoms with Crippen LogP contribution in [-0.2, 0) is 23.9 Å². The van der Waals surface area contributed by atoms with E-state index in [-0.39, 0.29) is 86.3 Å². The maximum Gasteiger partial charge on any atom is 0.393 e. The molecule has 3 amide bonds. The molecule has 12 aromatic rings.